The first-order chi connectivity index (χ1) is 10.1. The van der Waals surface area contributed by atoms with Gasteiger partial charge in [0, 0.05) is 27.2 Å². The van der Waals surface area contributed by atoms with E-state index in [-0.39, 0.29) is 25.6 Å². The highest BCUT2D eigenvalue weighted by atomic mass is 16.6. The van der Waals surface area contributed by atoms with Gasteiger partial charge < -0.3 is 19.3 Å². The molecular formula is C15H26N2O5. The molecule has 7 nitrogen and oxygen atoms in total. The Labute approximate surface area is 131 Å². The molecule has 0 spiro atoms. The van der Waals surface area contributed by atoms with Crippen LogP contribution in [-0.4, -0.2) is 67.2 Å². The molecule has 126 valence electrons. The van der Waals surface area contributed by atoms with Crippen molar-refractivity contribution in [2.24, 2.45) is 11.8 Å². The van der Waals surface area contributed by atoms with Crippen molar-refractivity contribution < 1.29 is 23.9 Å². The zero-order valence-corrected chi connectivity index (χ0v) is 14.2. The number of carbonyl (C=O) groups excluding carboxylic acids is 3. The molecule has 1 unspecified atom stereocenters. The second kappa shape index (κ2) is 6.98. The van der Waals surface area contributed by atoms with E-state index in [1.165, 1.54) is 9.80 Å². The van der Waals surface area contributed by atoms with Gasteiger partial charge in [0.2, 0.25) is 5.91 Å². The average molecular weight is 314 g/mol. The summed E-state index contributed by atoms with van der Waals surface area (Å²) < 4.78 is 10.3. The van der Waals surface area contributed by atoms with Crippen LogP contribution in [0.2, 0.25) is 0 Å². The van der Waals surface area contributed by atoms with E-state index in [0.717, 1.165) is 0 Å². The molecule has 0 aliphatic carbocycles. The number of amides is 2. The number of rotatable bonds is 3. The van der Waals surface area contributed by atoms with Crippen LogP contribution in [0.15, 0.2) is 0 Å². The zero-order chi connectivity index (χ0) is 17.1. The van der Waals surface area contributed by atoms with Crippen LogP contribution < -0.4 is 0 Å². The van der Waals surface area contributed by atoms with Crippen LogP contribution in [0.25, 0.3) is 0 Å². The van der Waals surface area contributed by atoms with Gasteiger partial charge in [0.15, 0.2) is 0 Å². The molecule has 0 radical (unpaired) electrons. The Morgan fingerprint density at radius 3 is 2.14 bits per heavy atom. The Balaban J connectivity index is 2.88. The maximum Gasteiger partial charge on any atom is 0.410 e. The number of nitrogens with zero attached hydrogens (tertiary/aromatic N) is 2. The molecule has 1 saturated heterocycles. The Hall–Kier alpha value is -1.79. The van der Waals surface area contributed by atoms with Crippen molar-refractivity contribution in [3.63, 3.8) is 0 Å². The van der Waals surface area contributed by atoms with Gasteiger partial charge in [0.25, 0.3) is 0 Å². The highest BCUT2D eigenvalue weighted by Gasteiger charge is 2.45. The molecule has 0 aromatic rings. The number of hydrogen-bond acceptors (Lipinski definition) is 5. The van der Waals surface area contributed by atoms with Crippen LogP contribution in [-0.2, 0) is 19.1 Å². The summed E-state index contributed by atoms with van der Waals surface area (Å²) in [4.78, 5) is 39.3. The topological polar surface area (TPSA) is 76.1 Å². The summed E-state index contributed by atoms with van der Waals surface area (Å²) in [5, 5.41) is 0. The molecule has 1 aliphatic heterocycles. The van der Waals surface area contributed by atoms with E-state index in [2.05, 4.69) is 0 Å². The number of ether oxygens (including phenoxy) is 2. The molecule has 0 aromatic carbocycles. The molecule has 0 bridgehead atoms. The fourth-order valence-electron chi connectivity index (χ4n) is 2.35. The van der Waals surface area contributed by atoms with Crippen LogP contribution in [0.5, 0.6) is 0 Å². The predicted molar refractivity (Wildman–Crippen MR) is 80.1 cm³/mol. The first-order valence-corrected chi connectivity index (χ1v) is 7.42. The van der Waals surface area contributed by atoms with Crippen LogP contribution in [0.1, 0.15) is 27.7 Å². The maximum absolute atomic E-state index is 12.3. The Kier molecular flexibility index (Phi) is 5.79. The third-order valence-corrected chi connectivity index (χ3v) is 3.32. The Bertz CT molecular complexity index is 442. The van der Waals surface area contributed by atoms with Gasteiger partial charge in [-0.25, -0.2) is 4.79 Å². The summed E-state index contributed by atoms with van der Waals surface area (Å²) in [5.74, 6) is -1.89. The van der Waals surface area contributed by atoms with E-state index < -0.39 is 29.5 Å². The van der Waals surface area contributed by atoms with Gasteiger partial charge in [-0.1, -0.05) is 0 Å². The monoisotopic (exact) mass is 314 g/mol. The summed E-state index contributed by atoms with van der Waals surface area (Å²) in [7, 11) is 3.25. The quantitative estimate of drug-likeness (QED) is 0.730. The Morgan fingerprint density at radius 1 is 1.14 bits per heavy atom. The van der Waals surface area contributed by atoms with Gasteiger partial charge >= 0.3 is 12.1 Å². The minimum Gasteiger partial charge on any atom is -0.466 e. The summed E-state index contributed by atoms with van der Waals surface area (Å²) in [6, 6.07) is 0. The van der Waals surface area contributed by atoms with Crippen molar-refractivity contribution >= 4 is 18.0 Å². The molecule has 0 N–H and O–H groups in total. The first kappa shape index (κ1) is 18.3. The molecule has 7 heteroatoms. The van der Waals surface area contributed by atoms with Gasteiger partial charge in [-0.2, -0.15) is 0 Å². The molecule has 0 aromatic heterocycles. The summed E-state index contributed by atoms with van der Waals surface area (Å²) in [6.45, 7) is 7.56. The lowest BCUT2D eigenvalue weighted by Crippen LogP contribution is -2.38. The Morgan fingerprint density at radius 2 is 1.68 bits per heavy atom. The fraction of sp³-hybridized carbons (Fsp3) is 0.800. The van der Waals surface area contributed by atoms with Crippen molar-refractivity contribution in [2.45, 2.75) is 33.3 Å². The molecule has 22 heavy (non-hydrogen) atoms. The van der Waals surface area contributed by atoms with Crippen LogP contribution in [0, 0.1) is 11.8 Å². The molecule has 1 fully saturated rings. The zero-order valence-electron chi connectivity index (χ0n) is 14.2. The summed E-state index contributed by atoms with van der Waals surface area (Å²) in [6.07, 6.45) is -0.518. The predicted octanol–water partition coefficient (Wildman–Crippen LogP) is 1.12. The van der Waals surface area contributed by atoms with E-state index in [9.17, 15) is 14.4 Å². The molecular weight excluding hydrogens is 288 g/mol. The number of likely N-dealkylation sites (tertiary alicyclic amines) is 1. The molecule has 1 rings (SSSR count). The highest BCUT2D eigenvalue weighted by molar-refractivity contribution is 5.87. The molecule has 2 amide bonds. The maximum atomic E-state index is 12.3. The molecule has 1 aliphatic rings. The van der Waals surface area contributed by atoms with E-state index >= 15 is 0 Å². The number of hydrogen-bond donors (Lipinski definition) is 0. The second-order valence-corrected chi connectivity index (χ2v) is 6.58. The minimum absolute atomic E-state index is 0.137. The highest BCUT2D eigenvalue weighted by Crippen LogP contribution is 2.27. The standard InChI is InChI=1S/C15H26N2O5/c1-7-21-13(19)11-9-17(14(20)22-15(2,3)4)8-10(11)12(18)16(5)6/h10-11H,7-9H2,1-6H3/t10?,11-/m0/s1. The van der Waals surface area contributed by atoms with Crippen LogP contribution >= 0.6 is 0 Å². The average Bonchev–Trinajstić information content (AvgIpc) is 2.80. The van der Waals surface area contributed by atoms with Crippen molar-refractivity contribution in [1.82, 2.24) is 9.80 Å². The largest absolute Gasteiger partial charge is 0.466 e. The number of esters is 1. The van der Waals surface area contributed by atoms with Gasteiger partial charge in [0.05, 0.1) is 18.4 Å². The van der Waals surface area contributed by atoms with Gasteiger partial charge in [-0.05, 0) is 27.7 Å². The fourth-order valence-corrected chi connectivity index (χ4v) is 2.35. The van der Waals surface area contributed by atoms with Crippen molar-refractivity contribution in [3.8, 4) is 0 Å². The van der Waals surface area contributed by atoms with Crippen LogP contribution in [0.3, 0.4) is 0 Å². The van der Waals surface area contributed by atoms with E-state index in [1.54, 1.807) is 41.8 Å². The third-order valence-electron chi connectivity index (χ3n) is 3.32. The van der Waals surface area contributed by atoms with E-state index in [1.807, 2.05) is 0 Å². The SMILES string of the molecule is CCOC(=O)[C@H]1CN(C(=O)OC(C)(C)C)CC1C(=O)N(C)C. The van der Waals surface area contributed by atoms with Crippen molar-refractivity contribution in [2.75, 3.05) is 33.8 Å². The molecule has 1 heterocycles. The molecule has 0 saturated carbocycles. The van der Waals surface area contributed by atoms with Gasteiger partial charge in [-0.3, -0.25) is 9.59 Å². The van der Waals surface area contributed by atoms with Crippen LogP contribution in [0.4, 0.5) is 4.79 Å². The van der Waals surface area contributed by atoms with Gasteiger partial charge in [-0.15, -0.1) is 0 Å². The second-order valence-electron chi connectivity index (χ2n) is 6.58. The minimum atomic E-state index is -0.651. The lowest BCUT2D eigenvalue weighted by Gasteiger charge is -2.24. The van der Waals surface area contributed by atoms with E-state index in [0.29, 0.717) is 0 Å². The summed E-state index contributed by atoms with van der Waals surface area (Å²) in [5.41, 5.74) is -0.625. The van der Waals surface area contributed by atoms with Crippen molar-refractivity contribution in [3.05, 3.63) is 0 Å². The number of carbonyl (C=O) groups is 3. The van der Waals surface area contributed by atoms with Gasteiger partial charge in [0.1, 0.15) is 5.60 Å². The lowest BCUT2D eigenvalue weighted by molar-refractivity contribution is -0.152. The lowest BCUT2D eigenvalue weighted by atomic mass is 9.95. The smallest absolute Gasteiger partial charge is 0.410 e. The molecule has 2 atom stereocenters. The van der Waals surface area contributed by atoms with Crippen molar-refractivity contribution in [1.29, 1.82) is 0 Å². The normalized spacial score (nSPS) is 21.5. The third kappa shape index (κ3) is 4.61. The van der Waals surface area contributed by atoms with E-state index in [4.69, 9.17) is 9.47 Å². The first-order valence-electron chi connectivity index (χ1n) is 7.42. The summed E-state index contributed by atoms with van der Waals surface area (Å²) >= 11 is 0.